The van der Waals surface area contributed by atoms with Gasteiger partial charge in [0, 0.05) is 19.4 Å². The summed E-state index contributed by atoms with van der Waals surface area (Å²) in [5.41, 5.74) is 0. The van der Waals surface area contributed by atoms with Gasteiger partial charge in [0.1, 0.15) is 17.6 Å². The van der Waals surface area contributed by atoms with Gasteiger partial charge in [-0.05, 0) is 30.7 Å². The van der Waals surface area contributed by atoms with Crippen LogP contribution in [0.3, 0.4) is 0 Å². The fourth-order valence-electron chi connectivity index (χ4n) is 2.62. The number of carbonyl (C=O) groups is 3. The number of amides is 4. The molecular weight excluding hydrogens is 326 g/mol. The van der Waals surface area contributed by atoms with E-state index < -0.39 is 12.1 Å². The van der Waals surface area contributed by atoms with E-state index in [9.17, 15) is 14.4 Å². The molecule has 2 aromatic heterocycles. The lowest BCUT2D eigenvalue weighted by Gasteiger charge is -2.11. The van der Waals surface area contributed by atoms with Gasteiger partial charge < -0.3 is 19.5 Å². The zero-order valence-corrected chi connectivity index (χ0v) is 13.6. The highest BCUT2D eigenvalue weighted by Crippen LogP contribution is 2.15. The van der Waals surface area contributed by atoms with E-state index in [1.165, 1.54) is 6.26 Å². The molecule has 0 aliphatic carbocycles. The Morgan fingerprint density at radius 1 is 1.16 bits per heavy atom. The van der Waals surface area contributed by atoms with E-state index in [0.29, 0.717) is 18.7 Å². The highest BCUT2D eigenvalue weighted by atomic mass is 16.3. The van der Waals surface area contributed by atoms with Gasteiger partial charge in [0.25, 0.3) is 5.91 Å². The van der Waals surface area contributed by atoms with Crippen LogP contribution in [-0.4, -0.2) is 35.3 Å². The van der Waals surface area contributed by atoms with Crippen molar-refractivity contribution in [2.45, 2.75) is 31.8 Å². The van der Waals surface area contributed by atoms with Crippen LogP contribution >= 0.6 is 0 Å². The fraction of sp³-hybridized carbons (Fsp3) is 0.353. The van der Waals surface area contributed by atoms with E-state index in [2.05, 4.69) is 10.6 Å². The highest BCUT2D eigenvalue weighted by molar-refractivity contribution is 6.04. The lowest BCUT2D eigenvalue weighted by molar-refractivity contribution is -0.128. The second-order valence-corrected chi connectivity index (χ2v) is 5.72. The Morgan fingerprint density at radius 2 is 1.88 bits per heavy atom. The molecule has 0 saturated carbocycles. The summed E-state index contributed by atoms with van der Waals surface area (Å²) in [4.78, 5) is 37.1. The quantitative estimate of drug-likeness (QED) is 0.704. The molecule has 3 rings (SSSR count). The third kappa shape index (κ3) is 4.28. The Labute approximate surface area is 144 Å². The van der Waals surface area contributed by atoms with Crippen molar-refractivity contribution in [1.82, 2.24) is 15.5 Å². The molecule has 3 heterocycles. The van der Waals surface area contributed by atoms with E-state index >= 15 is 0 Å². The number of imide groups is 1. The first-order chi connectivity index (χ1) is 12.1. The molecule has 8 nitrogen and oxygen atoms in total. The van der Waals surface area contributed by atoms with Crippen LogP contribution in [-0.2, 0) is 22.6 Å². The Bertz CT molecular complexity index is 724. The minimum atomic E-state index is -0.682. The predicted molar refractivity (Wildman–Crippen MR) is 86.2 cm³/mol. The smallest absolute Gasteiger partial charge is 0.325 e. The molecule has 1 saturated heterocycles. The Morgan fingerprint density at radius 3 is 2.56 bits per heavy atom. The summed E-state index contributed by atoms with van der Waals surface area (Å²) in [6, 6.07) is 5.87. The zero-order valence-electron chi connectivity index (χ0n) is 13.6. The molecule has 0 unspecified atom stereocenters. The topological polar surface area (TPSA) is 105 Å². The summed E-state index contributed by atoms with van der Waals surface area (Å²) < 4.78 is 10.3. The number of hydrogen-bond donors (Lipinski definition) is 2. The molecule has 25 heavy (non-hydrogen) atoms. The summed E-state index contributed by atoms with van der Waals surface area (Å²) in [6.45, 7) is 0.547. The number of rotatable bonds is 8. The molecule has 132 valence electrons. The van der Waals surface area contributed by atoms with Crippen molar-refractivity contribution in [3.63, 3.8) is 0 Å². The molecule has 1 fully saturated rings. The zero-order chi connectivity index (χ0) is 17.6. The van der Waals surface area contributed by atoms with Crippen molar-refractivity contribution in [3.05, 3.63) is 48.3 Å². The van der Waals surface area contributed by atoms with Crippen molar-refractivity contribution in [1.29, 1.82) is 0 Å². The number of nitrogens with zero attached hydrogens (tertiary/aromatic N) is 1. The van der Waals surface area contributed by atoms with Crippen molar-refractivity contribution in [2.24, 2.45) is 0 Å². The van der Waals surface area contributed by atoms with Crippen LogP contribution in [0.15, 0.2) is 45.6 Å². The Kier molecular flexibility index (Phi) is 5.17. The minimum absolute atomic E-state index is 0.0868. The monoisotopic (exact) mass is 345 g/mol. The average Bonchev–Trinajstić information content (AvgIpc) is 3.33. The van der Waals surface area contributed by atoms with Crippen LogP contribution in [0.5, 0.6) is 0 Å². The van der Waals surface area contributed by atoms with Crippen LogP contribution in [0.1, 0.15) is 24.4 Å². The fourth-order valence-corrected chi connectivity index (χ4v) is 2.62. The maximum absolute atomic E-state index is 12.3. The van der Waals surface area contributed by atoms with Gasteiger partial charge in [0.2, 0.25) is 5.91 Å². The van der Waals surface area contributed by atoms with Crippen LogP contribution in [0.4, 0.5) is 4.79 Å². The number of urea groups is 1. The first-order valence-corrected chi connectivity index (χ1v) is 8.07. The van der Waals surface area contributed by atoms with Gasteiger partial charge in [-0.3, -0.25) is 14.5 Å². The molecule has 2 N–H and O–H groups in total. The molecule has 1 aliphatic heterocycles. The van der Waals surface area contributed by atoms with E-state index in [1.54, 1.807) is 24.5 Å². The predicted octanol–water partition coefficient (Wildman–Crippen LogP) is 1.43. The summed E-state index contributed by atoms with van der Waals surface area (Å²) >= 11 is 0. The van der Waals surface area contributed by atoms with Gasteiger partial charge >= 0.3 is 6.03 Å². The first-order valence-electron chi connectivity index (χ1n) is 8.07. The molecular formula is C17H19N3O5. The summed E-state index contributed by atoms with van der Waals surface area (Å²) in [5.74, 6) is 0.815. The third-order valence-electron chi connectivity index (χ3n) is 3.93. The van der Waals surface area contributed by atoms with Gasteiger partial charge in [-0.1, -0.05) is 0 Å². The molecule has 1 atom stereocenters. The van der Waals surface area contributed by atoms with E-state index in [-0.39, 0.29) is 31.2 Å². The molecule has 1 aliphatic rings. The van der Waals surface area contributed by atoms with Crippen LogP contribution in [0, 0.1) is 0 Å². The van der Waals surface area contributed by atoms with E-state index in [0.717, 1.165) is 10.7 Å². The standard InChI is InChI=1S/C17H19N3O5/c21-15(18-8-7-12-3-1-9-24-12)6-5-14-16(22)20(17(23)19-14)11-13-4-2-10-25-13/h1-4,9-10,14H,5-8,11H2,(H,18,21)(H,19,23)/t14-/m1/s1. The summed E-state index contributed by atoms with van der Waals surface area (Å²) in [6.07, 6.45) is 4.09. The van der Waals surface area contributed by atoms with Gasteiger partial charge in [-0.2, -0.15) is 0 Å². The van der Waals surface area contributed by atoms with Crippen LogP contribution < -0.4 is 10.6 Å². The molecule has 0 radical (unpaired) electrons. The molecule has 8 heteroatoms. The molecule has 0 spiro atoms. The van der Waals surface area contributed by atoms with Crippen molar-refractivity contribution in [3.8, 4) is 0 Å². The number of carbonyl (C=O) groups excluding carboxylic acids is 3. The first kappa shape index (κ1) is 16.8. The van der Waals surface area contributed by atoms with E-state index in [4.69, 9.17) is 8.83 Å². The maximum Gasteiger partial charge on any atom is 0.325 e. The second kappa shape index (κ2) is 7.69. The van der Waals surface area contributed by atoms with Crippen molar-refractivity contribution >= 4 is 17.8 Å². The average molecular weight is 345 g/mol. The minimum Gasteiger partial charge on any atom is -0.469 e. The highest BCUT2D eigenvalue weighted by Gasteiger charge is 2.38. The number of furan rings is 2. The molecule has 0 bridgehead atoms. The van der Waals surface area contributed by atoms with Gasteiger partial charge in [-0.25, -0.2) is 4.79 Å². The van der Waals surface area contributed by atoms with Gasteiger partial charge in [0.05, 0.1) is 19.1 Å². The second-order valence-electron chi connectivity index (χ2n) is 5.72. The van der Waals surface area contributed by atoms with Gasteiger partial charge in [-0.15, -0.1) is 0 Å². The van der Waals surface area contributed by atoms with Gasteiger partial charge in [0.15, 0.2) is 0 Å². The molecule has 2 aromatic rings. The van der Waals surface area contributed by atoms with E-state index in [1.807, 2.05) is 6.07 Å². The lowest BCUT2D eigenvalue weighted by atomic mass is 10.1. The summed E-state index contributed by atoms with van der Waals surface area (Å²) in [5, 5.41) is 5.37. The Balaban J connectivity index is 1.41. The third-order valence-corrected chi connectivity index (χ3v) is 3.93. The number of nitrogens with one attached hydrogen (secondary N) is 2. The van der Waals surface area contributed by atoms with Crippen LogP contribution in [0.25, 0.3) is 0 Å². The largest absolute Gasteiger partial charge is 0.469 e. The van der Waals surface area contributed by atoms with Crippen molar-refractivity contribution < 1.29 is 23.2 Å². The Hall–Kier alpha value is -3.03. The summed E-state index contributed by atoms with van der Waals surface area (Å²) in [7, 11) is 0. The molecule has 4 amide bonds. The SMILES string of the molecule is O=C(CC[C@H]1NC(=O)N(Cc2ccco2)C1=O)NCCc1ccco1. The van der Waals surface area contributed by atoms with Crippen molar-refractivity contribution in [2.75, 3.05) is 6.54 Å². The van der Waals surface area contributed by atoms with Crippen LogP contribution in [0.2, 0.25) is 0 Å². The molecule has 0 aromatic carbocycles. The normalized spacial score (nSPS) is 17.0. The lowest BCUT2D eigenvalue weighted by Crippen LogP contribution is -2.33. The maximum atomic E-state index is 12.3. The number of hydrogen-bond acceptors (Lipinski definition) is 5.